The van der Waals surface area contributed by atoms with Crippen LogP contribution in [0.1, 0.15) is 27.7 Å². The summed E-state index contributed by atoms with van der Waals surface area (Å²) in [5, 5.41) is 11.9. The average Bonchev–Trinajstić information content (AvgIpc) is 2.22. The molecule has 15 heavy (non-hydrogen) atoms. The third-order valence-electron chi connectivity index (χ3n) is 2.63. The number of carbonyl (C=O) groups excluding carboxylic acids is 1. The van der Waals surface area contributed by atoms with Gasteiger partial charge in [0.05, 0.1) is 12.6 Å². The molecule has 0 aliphatic carbocycles. The lowest BCUT2D eigenvalue weighted by atomic mass is 10.2. The summed E-state index contributed by atoms with van der Waals surface area (Å²) in [4.78, 5) is 13.5. The molecule has 0 aromatic rings. The van der Waals surface area contributed by atoms with Crippen molar-refractivity contribution in [3.05, 3.63) is 0 Å². The Morgan fingerprint density at radius 1 is 1.33 bits per heavy atom. The van der Waals surface area contributed by atoms with Crippen molar-refractivity contribution in [2.45, 2.75) is 39.8 Å². The lowest BCUT2D eigenvalue weighted by Gasteiger charge is -2.28. The monoisotopic (exact) mass is 216 g/mol. The molecule has 0 aliphatic rings. The van der Waals surface area contributed by atoms with Gasteiger partial charge in [0, 0.05) is 12.6 Å². The van der Waals surface area contributed by atoms with E-state index in [1.54, 1.807) is 0 Å². The van der Waals surface area contributed by atoms with Gasteiger partial charge in [-0.1, -0.05) is 13.8 Å². The molecule has 0 rings (SSSR count). The maximum Gasteiger partial charge on any atom is 0.237 e. The van der Waals surface area contributed by atoms with E-state index in [1.165, 1.54) is 0 Å². The van der Waals surface area contributed by atoms with E-state index in [-0.39, 0.29) is 24.6 Å². The van der Waals surface area contributed by atoms with Crippen molar-refractivity contribution in [3.63, 3.8) is 0 Å². The van der Waals surface area contributed by atoms with Crippen LogP contribution in [0.15, 0.2) is 0 Å². The van der Waals surface area contributed by atoms with Crippen LogP contribution in [0.25, 0.3) is 0 Å². The number of aliphatic hydroxyl groups excluding tert-OH is 1. The smallest absolute Gasteiger partial charge is 0.237 e. The van der Waals surface area contributed by atoms with Crippen LogP contribution >= 0.6 is 0 Å². The highest BCUT2D eigenvalue weighted by molar-refractivity contribution is 5.81. The molecule has 0 saturated heterocycles. The summed E-state index contributed by atoms with van der Waals surface area (Å²) in [6.45, 7) is 8.63. The number of likely N-dealkylation sites (N-methyl/N-ethyl adjacent to an activating group) is 1. The van der Waals surface area contributed by atoms with Crippen LogP contribution in [0, 0.1) is 5.92 Å². The summed E-state index contributed by atoms with van der Waals surface area (Å²) in [5.41, 5.74) is 0. The van der Waals surface area contributed by atoms with Gasteiger partial charge in [-0.2, -0.15) is 0 Å². The van der Waals surface area contributed by atoms with E-state index < -0.39 is 0 Å². The first-order valence-corrected chi connectivity index (χ1v) is 5.50. The van der Waals surface area contributed by atoms with E-state index >= 15 is 0 Å². The molecule has 0 bridgehead atoms. The van der Waals surface area contributed by atoms with E-state index in [1.807, 2.05) is 25.8 Å². The third-order valence-corrected chi connectivity index (χ3v) is 2.63. The van der Waals surface area contributed by atoms with Gasteiger partial charge in [-0.05, 0) is 26.8 Å². The molecule has 0 spiro atoms. The maximum atomic E-state index is 11.7. The first kappa shape index (κ1) is 14.4. The highest BCUT2D eigenvalue weighted by Gasteiger charge is 2.21. The van der Waals surface area contributed by atoms with Crippen molar-refractivity contribution < 1.29 is 9.90 Å². The van der Waals surface area contributed by atoms with Crippen molar-refractivity contribution in [1.29, 1.82) is 0 Å². The van der Waals surface area contributed by atoms with Crippen LogP contribution in [-0.4, -0.2) is 48.2 Å². The van der Waals surface area contributed by atoms with Gasteiger partial charge in [0.2, 0.25) is 5.91 Å². The molecule has 4 heteroatoms. The molecular formula is C11H24N2O2. The van der Waals surface area contributed by atoms with Gasteiger partial charge in [-0.25, -0.2) is 0 Å². The third kappa shape index (κ3) is 5.14. The molecule has 2 N–H and O–H groups in total. The van der Waals surface area contributed by atoms with Crippen LogP contribution in [0.5, 0.6) is 0 Å². The fourth-order valence-corrected chi connectivity index (χ4v) is 1.15. The number of nitrogens with one attached hydrogen (secondary N) is 1. The van der Waals surface area contributed by atoms with Gasteiger partial charge >= 0.3 is 0 Å². The minimum Gasteiger partial charge on any atom is -0.395 e. The molecule has 2 unspecified atom stereocenters. The second kappa shape index (κ2) is 6.80. The van der Waals surface area contributed by atoms with Crippen molar-refractivity contribution in [1.82, 2.24) is 10.2 Å². The van der Waals surface area contributed by atoms with E-state index in [9.17, 15) is 4.79 Å². The van der Waals surface area contributed by atoms with Gasteiger partial charge in [-0.15, -0.1) is 0 Å². The van der Waals surface area contributed by atoms with Crippen LogP contribution < -0.4 is 5.32 Å². The van der Waals surface area contributed by atoms with Gasteiger partial charge in [0.15, 0.2) is 0 Å². The average molecular weight is 216 g/mol. The molecule has 0 fully saturated rings. The van der Waals surface area contributed by atoms with Crippen molar-refractivity contribution >= 4 is 5.91 Å². The lowest BCUT2D eigenvalue weighted by molar-refractivity contribution is -0.126. The largest absolute Gasteiger partial charge is 0.395 e. The zero-order chi connectivity index (χ0) is 12.0. The summed E-state index contributed by atoms with van der Waals surface area (Å²) in [5.74, 6) is 0.480. The predicted molar refractivity (Wildman–Crippen MR) is 61.6 cm³/mol. The topological polar surface area (TPSA) is 52.6 Å². The first-order valence-electron chi connectivity index (χ1n) is 5.50. The van der Waals surface area contributed by atoms with Gasteiger partial charge < -0.3 is 10.4 Å². The summed E-state index contributed by atoms with van der Waals surface area (Å²) >= 11 is 0. The summed E-state index contributed by atoms with van der Waals surface area (Å²) in [7, 11) is 1.85. The normalized spacial score (nSPS) is 15.5. The summed E-state index contributed by atoms with van der Waals surface area (Å²) < 4.78 is 0. The number of hydrogen-bond donors (Lipinski definition) is 2. The Labute approximate surface area is 92.7 Å². The SMILES string of the molecule is CC(C)CNC(=O)C(C)N(C)C(C)CO. The second-order valence-electron chi connectivity index (χ2n) is 4.51. The van der Waals surface area contributed by atoms with Crippen molar-refractivity contribution in [3.8, 4) is 0 Å². The van der Waals surface area contributed by atoms with E-state index in [4.69, 9.17) is 5.11 Å². The molecular weight excluding hydrogens is 192 g/mol. The zero-order valence-corrected chi connectivity index (χ0v) is 10.4. The molecule has 0 aromatic heterocycles. The Balaban J connectivity index is 4.07. The van der Waals surface area contributed by atoms with E-state index in [2.05, 4.69) is 19.2 Å². The summed E-state index contributed by atoms with van der Waals surface area (Å²) in [6.07, 6.45) is 0. The molecule has 0 saturated carbocycles. The van der Waals surface area contributed by atoms with Gasteiger partial charge in [0.1, 0.15) is 0 Å². The molecule has 4 nitrogen and oxygen atoms in total. The van der Waals surface area contributed by atoms with Crippen molar-refractivity contribution in [2.24, 2.45) is 5.92 Å². The Bertz CT molecular complexity index is 195. The van der Waals surface area contributed by atoms with Gasteiger partial charge in [-0.3, -0.25) is 9.69 Å². The first-order chi connectivity index (χ1) is 6.90. The Hall–Kier alpha value is -0.610. The minimum absolute atomic E-state index is 0.00444. The van der Waals surface area contributed by atoms with Crippen LogP contribution in [-0.2, 0) is 4.79 Å². The standard InChI is InChI=1S/C11H24N2O2/c1-8(2)6-12-11(15)10(4)13(5)9(3)7-14/h8-10,14H,6-7H2,1-5H3,(H,12,15). The van der Waals surface area contributed by atoms with E-state index in [0.29, 0.717) is 12.5 Å². The van der Waals surface area contributed by atoms with E-state index in [0.717, 1.165) is 0 Å². The Morgan fingerprint density at radius 2 is 1.87 bits per heavy atom. The second-order valence-corrected chi connectivity index (χ2v) is 4.51. The van der Waals surface area contributed by atoms with Crippen LogP contribution in [0.2, 0.25) is 0 Å². The molecule has 0 radical (unpaired) electrons. The molecule has 1 amide bonds. The fourth-order valence-electron chi connectivity index (χ4n) is 1.15. The Kier molecular flexibility index (Phi) is 6.52. The lowest BCUT2D eigenvalue weighted by Crippen LogP contribution is -2.48. The highest BCUT2D eigenvalue weighted by Crippen LogP contribution is 2.02. The highest BCUT2D eigenvalue weighted by atomic mass is 16.3. The quantitative estimate of drug-likeness (QED) is 0.678. The minimum atomic E-state index is -0.203. The molecule has 0 aromatic carbocycles. The van der Waals surface area contributed by atoms with Crippen molar-refractivity contribution in [2.75, 3.05) is 20.2 Å². The van der Waals surface area contributed by atoms with Crippen LogP contribution in [0.4, 0.5) is 0 Å². The molecule has 90 valence electrons. The van der Waals surface area contributed by atoms with Gasteiger partial charge in [0.25, 0.3) is 0 Å². The number of aliphatic hydroxyl groups is 1. The number of rotatable bonds is 6. The predicted octanol–water partition coefficient (Wildman–Crippen LogP) is 0.460. The number of carbonyl (C=O) groups is 1. The summed E-state index contributed by atoms with van der Waals surface area (Å²) in [6, 6.07) is -0.198. The Morgan fingerprint density at radius 3 is 2.27 bits per heavy atom. The molecule has 0 aliphatic heterocycles. The molecule has 0 heterocycles. The maximum absolute atomic E-state index is 11.7. The fraction of sp³-hybridized carbons (Fsp3) is 0.909. The number of amides is 1. The number of nitrogens with zero attached hydrogens (tertiary/aromatic N) is 1. The zero-order valence-electron chi connectivity index (χ0n) is 10.4. The van der Waals surface area contributed by atoms with Crippen LogP contribution in [0.3, 0.4) is 0 Å². The number of hydrogen-bond acceptors (Lipinski definition) is 3. The molecule has 2 atom stereocenters.